The molecule has 1 fully saturated rings. The minimum Gasteiger partial charge on any atom is -0.351 e. The Balaban J connectivity index is 1.70. The van der Waals surface area contributed by atoms with Crippen molar-refractivity contribution in [3.05, 3.63) is 35.0 Å². The third kappa shape index (κ3) is 5.01. The normalized spacial score (nSPS) is 16.1. The molecule has 4 N–H and O–H groups in total. The minimum absolute atomic E-state index is 0.0324. The molecule has 0 bridgehead atoms. The summed E-state index contributed by atoms with van der Waals surface area (Å²) in [4.78, 5) is 13.4. The molecule has 7 nitrogen and oxygen atoms in total. The third-order valence-electron chi connectivity index (χ3n) is 5.13. The summed E-state index contributed by atoms with van der Waals surface area (Å²) in [5, 5.41) is 6.25. The number of aromatic nitrogens is 4. The van der Waals surface area contributed by atoms with Gasteiger partial charge in [0.2, 0.25) is 11.9 Å². The fraction of sp³-hybridized carbons (Fsp3) is 0.450. The van der Waals surface area contributed by atoms with Crippen molar-refractivity contribution in [2.45, 2.75) is 57.4 Å². The van der Waals surface area contributed by atoms with E-state index in [-0.39, 0.29) is 16.8 Å². The van der Waals surface area contributed by atoms with E-state index < -0.39 is 11.7 Å². The Morgan fingerprint density at radius 1 is 1.23 bits per heavy atom. The first-order valence-electron chi connectivity index (χ1n) is 10.1. The summed E-state index contributed by atoms with van der Waals surface area (Å²) in [5.74, 6) is 0.814. The van der Waals surface area contributed by atoms with Gasteiger partial charge in [-0.05, 0) is 38.0 Å². The predicted molar refractivity (Wildman–Crippen MR) is 115 cm³/mol. The lowest BCUT2D eigenvalue weighted by Gasteiger charge is -2.15. The first-order chi connectivity index (χ1) is 14.7. The topological polar surface area (TPSA) is 93.7 Å². The van der Waals surface area contributed by atoms with Crippen LogP contribution in [0.4, 0.5) is 30.8 Å². The minimum atomic E-state index is -4.51. The van der Waals surface area contributed by atoms with Crippen molar-refractivity contribution in [2.75, 3.05) is 10.6 Å². The van der Waals surface area contributed by atoms with Gasteiger partial charge in [-0.1, -0.05) is 24.4 Å². The summed E-state index contributed by atoms with van der Waals surface area (Å²) in [6.07, 6.45) is 1.58. The maximum atomic E-state index is 13.2. The molecular formula is C20H23ClF3N7. The quantitative estimate of drug-likeness (QED) is 0.489. The first kappa shape index (κ1) is 21.6. The highest BCUT2D eigenvalue weighted by atomic mass is 35.5. The molecule has 1 atom stereocenters. The second-order valence-electron chi connectivity index (χ2n) is 7.90. The zero-order valence-corrected chi connectivity index (χ0v) is 17.6. The van der Waals surface area contributed by atoms with Crippen molar-refractivity contribution in [2.24, 2.45) is 5.73 Å². The molecule has 0 radical (unpaired) electrons. The number of nitrogens with one attached hydrogen (secondary N) is 2. The molecule has 0 amide bonds. The molecule has 1 aliphatic rings. The van der Waals surface area contributed by atoms with Gasteiger partial charge in [0, 0.05) is 29.3 Å². The zero-order valence-electron chi connectivity index (χ0n) is 16.9. The third-order valence-corrected chi connectivity index (χ3v) is 5.35. The number of imidazole rings is 1. The molecule has 166 valence electrons. The lowest BCUT2D eigenvalue weighted by Crippen LogP contribution is -2.23. The number of nitrogens with zero attached hydrogens (tertiary/aromatic N) is 4. The van der Waals surface area contributed by atoms with Crippen molar-refractivity contribution in [3.63, 3.8) is 0 Å². The van der Waals surface area contributed by atoms with Crippen LogP contribution in [0.3, 0.4) is 0 Å². The molecule has 0 aliphatic heterocycles. The molecule has 31 heavy (non-hydrogen) atoms. The van der Waals surface area contributed by atoms with E-state index in [4.69, 9.17) is 17.3 Å². The van der Waals surface area contributed by atoms with Crippen LogP contribution in [0.1, 0.15) is 38.2 Å². The van der Waals surface area contributed by atoms with E-state index in [9.17, 15) is 13.2 Å². The van der Waals surface area contributed by atoms with Gasteiger partial charge in [-0.25, -0.2) is 9.97 Å². The summed E-state index contributed by atoms with van der Waals surface area (Å²) in [6, 6.07) is 3.38. The van der Waals surface area contributed by atoms with Gasteiger partial charge in [0.15, 0.2) is 5.65 Å². The summed E-state index contributed by atoms with van der Waals surface area (Å²) in [6.45, 7) is 2.20. The second kappa shape index (κ2) is 8.51. The molecular weight excluding hydrogens is 431 g/mol. The molecule has 1 aromatic carbocycles. The van der Waals surface area contributed by atoms with E-state index in [1.807, 2.05) is 6.92 Å². The summed E-state index contributed by atoms with van der Waals surface area (Å²) >= 11 is 5.91. The molecule has 2 heterocycles. The average molecular weight is 454 g/mol. The van der Waals surface area contributed by atoms with Gasteiger partial charge in [-0.3, -0.25) is 4.57 Å². The molecule has 2 aromatic heterocycles. The van der Waals surface area contributed by atoms with Crippen molar-refractivity contribution < 1.29 is 13.2 Å². The number of halogens is 4. The van der Waals surface area contributed by atoms with Gasteiger partial charge in [-0.2, -0.15) is 18.2 Å². The van der Waals surface area contributed by atoms with E-state index in [0.717, 1.165) is 25.0 Å². The Morgan fingerprint density at radius 3 is 2.65 bits per heavy atom. The maximum absolute atomic E-state index is 13.2. The Morgan fingerprint density at radius 2 is 1.97 bits per heavy atom. The van der Waals surface area contributed by atoms with Gasteiger partial charge in [-0.15, -0.1) is 0 Å². The van der Waals surface area contributed by atoms with Crippen LogP contribution in [-0.4, -0.2) is 31.6 Å². The van der Waals surface area contributed by atoms with Crippen LogP contribution in [-0.2, 0) is 12.7 Å². The Labute approximate surface area is 182 Å². The van der Waals surface area contributed by atoms with Gasteiger partial charge < -0.3 is 16.4 Å². The molecule has 0 spiro atoms. The number of rotatable bonds is 6. The molecule has 1 saturated carbocycles. The molecule has 4 rings (SSSR count). The highest BCUT2D eigenvalue weighted by Crippen LogP contribution is 2.34. The van der Waals surface area contributed by atoms with E-state index in [2.05, 4.69) is 25.6 Å². The predicted octanol–water partition coefficient (Wildman–Crippen LogP) is 4.94. The molecule has 1 aliphatic carbocycles. The number of anilines is 3. The highest BCUT2D eigenvalue weighted by molar-refractivity contribution is 6.31. The lowest BCUT2D eigenvalue weighted by atomic mass is 10.2. The Kier molecular flexibility index (Phi) is 5.94. The SMILES string of the molecule is CC(N)Cn1c(Nc2cc(Cl)cc(C(F)(F)F)c2)nc2cnc(NC3CCCC3)nc21. The lowest BCUT2D eigenvalue weighted by molar-refractivity contribution is -0.137. The average Bonchev–Trinajstić information content (AvgIpc) is 3.29. The zero-order chi connectivity index (χ0) is 22.2. The second-order valence-corrected chi connectivity index (χ2v) is 8.34. The van der Waals surface area contributed by atoms with E-state index in [0.29, 0.717) is 35.6 Å². The fourth-order valence-corrected chi connectivity index (χ4v) is 3.99. The number of hydrogen-bond acceptors (Lipinski definition) is 6. The van der Waals surface area contributed by atoms with Crippen molar-refractivity contribution in [3.8, 4) is 0 Å². The van der Waals surface area contributed by atoms with E-state index in [1.54, 1.807) is 10.8 Å². The monoisotopic (exact) mass is 453 g/mol. The van der Waals surface area contributed by atoms with Crippen LogP contribution < -0.4 is 16.4 Å². The van der Waals surface area contributed by atoms with E-state index in [1.165, 1.54) is 18.9 Å². The van der Waals surface area contributed by atoms with Crippen LogP contribution >= 0.6 is 11.6 Å². The van der Waals surface area contributed by atoms with Gasteiger partial charge in [0.1, 0.15) is 5.52 Å². The summed E-state index contributed by atoms with van der Waals surface area (Å²) < 4.78 is 41.2. The van der Waals surface area contributed by atoms with Crippen LogP contribution in [0.25, 0.3) is 11.2 Å². The Hall–Kier alpha value is -2.59. The Bertz CT molecular complexity index is 1070. The van der Waals surface area contributed by atoms with Crippen LogP contribution in [0, 0.1) is 0 Å². The van der Waals surface area contributed by atoms with Gasteiger partial charge in [0.05, 0.1) is 11.8 Å². The molecule has 3 aromatic rings. The largest absolute Gasteiger partial charge is 0.416 e. The highest BCUT2D eigenvalue weighted by Gasteiger charge is 2.31. The van der Waals surface area contributed by atoms with Crippen LogP contribution in [0.15, 0.2) is 24.4 Å². The van der Waals surface area contributed by atoms with Crippen molar-refractivity contribution in [1.82, 2.24) is 19.5 Å². The maximum Gasteiger partial charge on any atom is 0.416 e. The standard InChI is InChI=1S/C20H23ClF3N7/c1-11(25)10-31-17-16(9-26-18(30-17)27-14-4-2-3-5-14)29-19(31)28-15-7-12(20(22,23)24)6-13(21)8-15/h6-9,11,14H,2-5,10,25H2,1H3,(H,28,29)(H,26,27,30). The molecule has 11 heteroatoms. The fourth-order valence-electron chi connectivity index (χ4n) is 3.75. The molecule has 1 unspecified atom stereocenters. The van der Waals surface area contributed by atoms with Crippen molar-refractivity contribution >= 4 is 40.3 Å². The van der Waals surface area contributed by atoms with Crippen molar-refractivity contribution in [1.29, 1.82) is 0 Å². The van der Waals surface area contributed by atoms with E-state index >= 15 is 0 Å². The first-order valence-corrected chi connectivity index (χ1v) is 10.5. The number of alkyl halides is 3. The van der Waals surface area contributed by atoms with Crippen LogP contribution in [0.5, 0.6) is 0 Å². The number of hydrogen-bond donors (Lipinski definition) is 3. The van der Waals surface area contributed by atoms with Gasteiger partial charge >= 0.3 is 6.18 Å². The van der Waals surface area contributed by atoms with Crippen LogP contribution in [0.2, 0.25) is 5.02 Å². The molecule has 0 saturated heterocycles. The number of benzene rings is 1. The smallest absolute Gasteiger partial charge is 0.351 e. The number of nitrogens with two attached hydrogens (primary N) is 1. The summed E-state index contributed by atoms with van der Waals surface area (Å²) in [7, 11) is 0. The summed E-state index contributed by atoms with van der Waals surface area (Å²) in [5.41, 5.74) is 6.39. The van der Waals surface area contributed by atoms with Gasteiger partial charge in [0.25, 0.3) is 0 Å². The number of fused-ring (bicyclic) bond motifs is 1.